The minimum absolute atomic E-state index is 0.127. The Balaban J connectivity index is 3.14. The minimum Gasteiger partial charge on any atom is -0.463 e. The molecule has 0 fully saturated rings. The van der Waals surface area contributed by atoms with Gasteiger partial charge in [0.25, 0.3) is 0 Å². The van der Waals surface area contributed by atoms with Gasteiger partial charge in [-0.2, -0.15) is 0 Å². The van der Waals surface area contributed by atoms with E-state index in [1.807, 2.05) is 13.0 Å². The Hall–Kier alpha value is -0.910. The van der Waals surface area contributed by atoms with E-state index < -0.39 is 0 Å². The molecule has 0 saturated carbocycles. The van der Waals surface area contributed by atoms with Crippen molar-refractivity contribution in [2.45, 2.75) is 58.3 Å². The Bertz CT molecular complexity index is 281. The first-order valence-electron chi connectivity index (χ1n) is 9.31. The second-order valence-corrected chi connectivity index (χ2v) is 5.59. The molecule has 0 rings (SSSR count). The fourth-order valence-corrected chi connectivity index (χ4v) is 2.14. The Kier molecular flexibility index (Phi) is 19.4. The predicted molar refractivity (Wildman–Crippen MR) is 96.2 cm³/mol. The average molecular weight is 344 g/mol. The van der Waals surface area contributed by atoms with Crippen LogP contribution < -0.4 is 0 Å². The molecule has 0 aliphatic carbocycles. The number of hydrogen-bond acceptors (Lipinski definition) is 5. The van der Waals surface area contributed by atoms with Crippen LogP contribution in [-0.4, -0.2) is 52.2 Å². The van der Waals surface area contributed by atoms with Crippen molar-refractivity contribution in [1.82, 2.24) is 0 Å². The summed E-state index contributed by atoms with van der Waals surface area (Å²) in [7, 11) is 0. The van der Waals surface area contributed by atoms with E-state index in [-0.39, 0.29) is 5.97 Å². The number of hydrogen-bond donors (Lipinski definition) is 0. The van der Waals surface area contributed by atoms with E-state index in [1.54, 1.807) is 0 Å². The Morgan fingerprint density at radius 3 is 1.96 bits per heavy atom. The van der Waals surface area contributed by atoms with Crippen molar-refractivity contribution < 1.29 is 23.7 Å². The van der Waals surface area contributed by atoms with Gasteiger partial charge in [0, 0.05) is 13.0 Å². The van der Waals surface area contributed by atoms with Crippen molar-refractivity contribution in [3.05, 3.63) is 12.7 Å². The van der Waals surface area contributed by atoms with E-state index in [1.165, 1.54) is 25.7 Å². The average Bonchev–Trinajstić information content (AvgIpc) is 2.59. The molecular formula is C19H36O5. The van der Waals surface area contributed by atoms with Gasteiger partial charge in [0.15, 0.2) is 0 Å². The second-order valence-electron chi connectivity index (χ2n) is 5.59. The lowest BCUT2D eigenvalue weighted by atomic mass is 10.1. The number of ether oxygens (including phenoxy) is 4. The SMILES string of the molecule is C=CCCCCCCCCC(=O)OCCOCCOCCOCC. The molecule has 0 unspecified atom stereocenters. The minimum atomic E-state index is -0.127. The van der Waals surface area contributed by atoms with Gasteiger partial charge in [0.2, 0.25) is 0 Å². The quantitative estimate of drug-likeness (QED) is 0.202. The van der Waals surface area contributed by atoms with Crippen molar-refractivity contribution in [2.24, 2.45) is 0 Å². The molecule has 0 aromatic carbocycles. The maximum atomic E-state index is 11.5. The van der Waals surface area contributed by atoms with E-state index in [2.05, 4.69) is 6.58 Å². The third kappa shape index (κ3) is 19.1. The molecule has 0 saturated heterocycles. The predicted octanol–water partition coefficient (Wildman–Crippen LogP) is 3.91. The number of carbonyl (C=O) groups excluding carboxylic acids is 1. The van der Waals surface area contributed by atoms with Gasteiger partial charge in [-0.1, -0.05) is 31.8 Å². The Morgan fingerprint density at radius 2 is 1.33 bits per heavy atom. The maximum Gasteiger partial charge on any atom is 0.305 e. The number of rotatable bonds is 19. The molecule has 0 radical (unpaired) electrons. The van der Waals surface area contributed by atoms with Crippen LogP contribution in [0.1, 0.15) is 58.3 Å². The van der Waals surface area contributed by atoms with E-state index in [0.29, 0.717) is 52.7 Å². The highest BCUT2D eigenvalue weighted by Crippen LogP contribution is 2.09. The summed E-state index contributed by atoms with van der Waals surface area (Å²) in [5.41, 5.74) is 0. The molecule has 0 heterocycles. The molecule has 0 aliphatic heterocycles. The maximum absolute atomic E-state index is 11.5. The van der Waals surface area contributed by atoms with E-state index in [0.717, 1.165) is 19.3 Å². The molecule has 0 aromatic rings. The summed E-state index contributed by atoms with van der Waals surface area (Å²) in [6.07, 6.45) is 10.5. The van der Waals surface area contributed by atoms with Gasteiger partial charge < -0.3 is 18.9 Å². The molecule has 0 aromatic heterocycles. The third-order valence-electron chi connectivity index (χ3n) is 3.48. The molecular weight excluding hydrogens is 308 g/mol. The summed E-state index contributed by atoms with van der Waals surface area (Å²) >= 11 is 0. The van der Waals surface area contributed by atoms with Crippen LogP contribution in [0.3, 0.4) is 0 Å². The van der Waals surface area contributed by atoms with Gasteiger partial charge in [0.05, 0.1) is 33.0 Å². The zero-order valence-corrected chi connectivity index (χ0v) is 15.4. The van der Waals surface area contributed by atoms with Crippen molar-refractivity contribution in [2.75, 3.05) is 46.2 Å². The lowest BCUT2D eigenvalue weighted by molar-refractivity contribution is -0.145. The molecule has 0 aliphatic rings. The van der Waals surface area contributed by atoms with Gasteiger partial charge in [-0.3, -0.25) is 4.79 Å². The summed E-state index contributed by atoms with van der Waals surface area (Å²) in [5.74, 6) is -0.127. The zero-order valence-electron chi connectivity index (χ0n) is 15.4. The van der Waals surface area contributed by atoms with Gasteiger partial charge in [0.1, 0.15) is 6.61 Å². The third-order valence-corrected chi connectivity index (χ3v) is 3.48. The first-order chi connectivity index (χ1) is 11.8. The van der Waals surface area contributed by atoms with Crippen molar-refractivity contribution in [3.63, 3.8) is 0 Å². The fraction of sp³-hybridized carbons (Fsp3) is 0.842. The normalized spacial score (nSPS) is 10.7. The molecule has 0 spiro atoms. The smallest absolute Gasteiger partial charge is 0.305 e. The highest BCUT2D eigenvalue weighted by molar-refractivity contribution is 5.69. The zero-order chi connectivity index (χ0) is 17.7. The van der Waals surface area contributed by atoms with Crippen LogP contribution >= 0.6 is 0 Å². The summed E-state index contributed by atoms with van der Waals surface area (Å²) in [4.78, 5) is 11.5. The van der Waals surface area contributed by atoms with Gasteiger partial charge in [-0.05, 0) is 26.2 Å². The number of carbonyl (C=O) groups is 1. The standard InChI is InChI=1S/C19H36O5/c1-3-5-6-7-8-9-10-11-12-19(20)24-18-17-23-16-15-22-14-13-21-4-2/h3H,1,4-18H2,2H3. The number of esters is 1. The van der Waals surface area contributed by atoms with Crippen LogP contribution in [0.25, 0.3) is 0 Å². The van der Waals surface area contributed by atoms with Crippen LogP contribution in [0.2, 0.25) is 0 Å². The lowest BCUT2D eigenvalue weighted by Gasteiger charge is -2.07. The molecule has 0 amide bonds. The molecule has 0 atom stereocenters. The van der Waals surface area contributed by atoms with E-state index in [9.17, 15) is 4.79 Å². The highest BCUT2D eigenvalue weighted by atomic mass is 16.6. The molecule has 0 bridgehead atoms. The van der Waals surface area contributed by atoms with Crippen molar-refractivity contribution in [1.29, 1.82) is 0 Å². The fourth-order valence-electron chi connectivity index (χ4n) is 2.14. The van der Waals surface area contributed by atoms with Crippen LogP contribution in [0.15, 0.2) is 12.7 Å². The van der Waals surface area contributed by atoms with Gasteiger partial charge in [-0.25, -0.2) is 0 Å². The first kappa shape index (κ1) is 23.1. The molecule has 5 nitrogen and oxygen atoms in total. The molecule has 24 heavy (non-hydrogen) atoms. The van der Waals surface area contributed by atoms with E-state index in [4.69, 9.17) is 18.9 Å². The monoisotopic (exact) mass is 344 g/mol. The largest absolute Gasteiger partial charge is 0.463 e. The molecule has 142 valence electrons. The topological polar surface area (TPSA) is 54.0 Å². The number of unbranched alkanes of at least 4 members (excludes halogenated alkanes) is 6. The number of allylic oxidation sites excluding steroid dienone is 1. The summed E-state index contributed by atoms with van der Waals surface area (Å²) in [6, 6.07) is 0. The second kappa shape index (κ2) is 20.1. The van der Waals surface area contributed by atoms with Gasteiger partial charge >= 0.3 is 5.97 Å². The Morgan fingerprint density at radius 1 is 0.792 bits per heavy atom. The van der Waals surface area contributed by atoms with Crippen molar-refractivity contribution in [3.8, 4) is 0 Å². The highest BCUT2D eigenvalue weighted by Gasteiger charge is 2.02. The van der Waals surface area contributed by atoms with Crippen LogP contribution in [0.5, 0.6) is 0 Å². The lowest BCUT2D eigenvalue weighted by Crippen LogP contribution is -2.13. The molecule has 5 heteroatoms. The molecule has 0 N–H and O–H groups in total. The van der Waals surface area contributed by atoms with Crippen LogP contribution in [-0.2, 0) is 23.7 Å². The summed E-state index contributed by atoms with van der Waals surface area (Å²) in [5, 5.41) is 0. The van der Waals surface area contributed by atoms with Gasteiger partial charge in [-0.15, -0.1) is 6.58 Å². The summed E-state index contributed by atoms with van der Waals surface area (Å²) < 4.78 is 20.9. The van der Waals surface area contributed by atoms with Crippen molar-refractivity contribution >= 4 is 5.97 Å². The van der Waals surface area contributed by atoms with Crippen LogP contribution in [0, 0.1) is 0 Å². The van der Waals surface area contributed by atoms with E-state index >= 15 is 0 Å². The Labute approximate surface area is 147 Å². The first-order valence-corrected chi connectivity index (χ1v) is 9.31. The van der Waals surface area contributed by atoms with Crippen LogP contribution in [0.4, 0.5) is 0 Å². The summed E-state index contributed by atoms with van der Waals surface area (Å²) in [6.45, 7) is 9.36.